The van der Waals surface area contributed by atoms with Crippen LogP contribution in [-0.2, 0) is 19.9 Å². The second-order valence-corrected chi connectivity index (χ2v) is 10.0. The molecular weight excluding hydrogens is 452 g/mol. The van der Waals surface area contributed by atoms with E-state index in [9.17, 15) is 14.4 Å². The molecule has 0 saturated carbocycles. The first-order valence-corrected chi connectivity index (χ1v) is 11.9. The number of benzene rings is 2. The van der Waals surface area contributed by atoms with Crippen molar-refractivity contribution in [1.82, 2.24) is 4.98 Å². The molecule has 1 aromatic heterocycles. The van der Waals surface area contributed by atoms with Gasteiger partial charge in [0, 0.05) is 24.7 Å². The highest BCUT2D eigenvalue weighted by atomic mass is 16.2. The first-order chi connectivity index (χ1) is 17.0. The molecular formula is C29H34N4O3. The van der Waals surface area contributed by atoms with E-state index >= 15 is 0 Å². The zero-order valence-electron chi connectivity index (χ0n) is 21.5. The number of rotatable bonds is 8. The Bertz CT molecular complexity index is 1220. The van der Waals surface area contributed by atoms with Gasteiger partial charge in [0.05, 0.1) is 0 Å². The van der Waals surface area contributed by atoms with Crippen LogP contribution < -0.4 is 16.0 Å². The summed E-state index contributed by atoms with van der Waals surface area (Å²) in [6.07, 6.45) is 1.38. The maximum absolute atomic E-state index is 13.9. The number of aryl methyl sites for hydroxylation is 2. The van der Waals surface area contributed by atoms with Crippen molar-refractivity contribution in [3.05, 3.63) is 89.6 Å². The first kappa shape index (κ1) is 26.6. The summed E-state index contributed by atoms with van der Waals surface area (Å²) in [4.78, 5) is 45.6. The number of carbonyl (C=O) groups is 3. The molecule has 3 aromatic rings. The van der Waals surface area contributed by atoms with Crippen molar-refractivity contribution in [2.45, 2.75) is 53.0 Å². The van der Waals surface area contributed by atoms with E-state index in [0.29, 0.717) is 17.1 Å². The predicted molar refractivity (Wildman–Crippen MR) is 142 cm³/mol. The lowest BCUT2D eigenvalue weighted by Gasteiger charge is -2.50. The third-order valence-electron chi connectivity index (χ3n) is 6.29. The van der Waals surface area contributed by atoms with Crippen molar-refractivity contribution in [3.8, 4) is 0 Å². The maximum atomic E-state index is 13.9. The van der Waals surface area contributed by atoms with E-state index in [1.54, 1.807) is 36.5 Å². The highest BCUT2D eigenvalue weighted by Gasteiger charge is 2.55. The van der Waals surface area contributed by atoms with Crippen molar-refractivity contribution in [1.29, 1.82) is 0 Å². The minimum absolute atomic E-state index is 0.0787. The van der Waals surface area contributed by atoms with Crippen molar-refractivity contribution < 1.29 is 14.4 Å². The lowest BCUT2D eigenvalue weighted by Crippen LogP contribution is -2.64. The molecule has 0 fully saturated rings. The van der Waals surface area contributed by atoms with Crippen molar-refractivity contribution in [2.75, 3.05) is 10.2 Å². The number of carbonyl (C=O) groups excluding carboxylic acids is 3. The standard InChI is InChI=1S/C29H34N4O3/c1-20-9-13-22(14-10-20)29(27(30)36,28(3,4)5)33(23-15-11-21(2)12-16-23)26(35)18-17-25(34)32-24-8-6-7-19-31-24/h6-16,19H,17-18H2,1-5H3,(H2,30,36)(H,31,32,34). The zero-order chi connectivity index (χ0) is 26.5. The molecule has 3 amide bonds. The number of primary amides is 1. The number of nitrogens with one attached hydrogen (secondary N) is 1. The summed E-state index contributed by atoms with van der Waals surface area (Å²) in [5.74, 6) is -0.970. The Labute approximate surface area is 212 Å². The number of aromatic nitrogens is 1. The van der Waals surface area contributed by atoms with E-state index in [-0.39, 0.29) is 24.7 Å². The highest BCUT2D eigenvalue weighted by Crippen LogP contribution is 2.47. The fourth-order valence-corrected chi connectivity index (χ4v) is 4.51. The summed E-state index contributed by atoms with van der Waals surface area (Å²) in [5.41, 5.74) is 7.05. The molecule has 1 heterocycles. The Morgan fingerprint density at radius 2 is 1.44 bits per heavy atom. The van der Waals surface area contributed by atoms with Gasteiger partial charge in [-0.1, -0.05) is 74.4 Å². The van der Waals surface area contributed by atoms with E-state index in [1.165, 1.54) is 4.90 Å². The molecule has 36 heavy (non-hydrogen) atoms. The van der Waals surface area contributed by atoms with E-state index < -0.39 is 16.9 Å². The molecule has 1 atom stereocenters. The molecule has 0 aliphatic carbocycles. The molecule has 0 bridgehead atoms. The topological polar surface area (TPSA) is 105 Å². The number of nitrogens with two attached hydrogens (primary N) is 1. The minimum Gasteiger partial charge on any atom is -0.367 e. The van der Waals surface area contributed by atoms with Crippen LogP contribution in [-0.4, -0.2) is 22.7 Å². The lowest BCUT2D eigenvalue weighted by molar-refractivity contribution is -0.133. The van der Waals surface area contributed by atoms with Gasteiger partial charge in [-0.25, -0.2) is 4.98 Å². The fourth-order valence-electron chi connectivity index (χ4n) is 4.51. The van der Waals surface area contributed by atoms with Crippen LogP contribution in [0.1, 0.15) is 50.3 Å². The molecule has 0 aliphatic rings. The molecule has 2 aromatic carbocycles. The Morgan fingerprint density at radius 1 is 0.861 bits per heavy atom. The average molecular weight is 487 g/mol. The third kappa shape index (κ3) is 5.46. The predicted octanol–water partition coefficient (Wildman–Crippen LogP) is 4.88. The van der Waals surface area contributed by atoms with Gasteiger partial charge in [-0.05, 0) is 49.1 Å². The molecule has 0 spiro atoms. The molecule has 0 saturated heterocycles. The van der Waals surface area contributed by atoms with E-state index in [2.05, 4.69) is 10.3 Å². The molecule has 3 N–H and O–H groups in total. The van der Waals surface area contributed by atoms with Crippen LogP contribution in [0.2, 0.25) is 0 Å². The average Bonchev–Trinajstić information content (AvgIpc) is 2.82. The van der Waals surface area contributed by atoms with Crippen LogP contribution in [0.4, 0.5) is 11.5 Å². The molecule has 0 aliphatic heterocycles. The second kappa shape index (κ2) is 10.7. The van der Waals surface area contributed by atoms with Crippen LogP contribution in [0, 0.1) is 19.3 Å². The van der Waals surface area contributed by atoms with Crippen LogP contribution in [0.5, 0.6) is 0 Å². The smallest absolute Gasteiger partial charge is 0.248 e. The first-order valence-electron chi connectivity index (χ1n) is 11.9. The summed E-state index contributed by atoms with van der Waals surface area (Å²) < 4.78 is 0. The van der Waals surface area contributed by atoms with Gasteiger partial charge in [0.2, 0.25) is 17.7 Å². The number of hydrogen-bond acceptors (Lipinski definition) is 4. The van der Waals surface area contributed by atoms with Crippen molar-refractivity contribution in [2.24, 2.45) is 11.1 Å². The molecule has 0 radical (unpaired) electrons. The molecule has 7 heteroatoms. The Hall–Kier alpha value is -4.00. The Balaban J connectivity index is 2.07. The van der Waals surface area contributed by atoms with E-state index in [0.717, 1.165) is 11.1 Å². The zero-order valence-corrected chi connectivity index (χ0v) is 21.5. The van der Waals surface area contributed by atoms with Gasteiger partial charge in [-0.2, -0.15) is 0 Å². The minimum atomic E-state index is -1.51. The van der Waals surface area contributed by atoms with Crippen LogP contribution in [0.3, 0.4) is 0 Å². The SMILES string of the molecule is Cc1ccc(N(C(=O)CCC(=O)Nc2ccccn2)C(C(N)=O)(c2ccc(C)cc2)C(C)(C)C)cc1. The summed E-state index contributed by atoms with van der Waals surface area (Å²) in [6.45, 7) is 9.57. The van der Waals surface area contributed by atoms with Crippen LogP contribution in [0.25, 0.3) is 0 Å². The van der Waals surface area contributed by atoms with Gasteiger partial charge in [-0.3, -0.25) is 19.3 Å². The quantitative estimate of drug-likeness (QED) is 0.473. The lowest BCUT2D eigenvalue weighted by atomic mass is 9.67. The van der Waals surface area contributed by atoms with Gasteiger partial charge >= 0.3 is 0 Å². The number of hydrogen-bond donors (Lipinski definition) is 2. The third-order valence-corrected chi connectivity index (χ3v) is 6.29. The van der Waals surface area contributed by atoms with Gasteiger partial charge in [0.1, 0.15) is 5.82 Å². The normalized spacial score (nSPS) is 12.9. The molecule has 1 unspecified atom stereocenters. The number of nitrogens with zero attached hydrogens (tertiary/aromatic N) is 2. The van der Waals surface area contributed by atoms with Crippen molar-refractivity contribution >= 4 is 29.2 Å². The van der Waals surface area contributed by atoms with Gasteiger partial charge < -0.3 is 11.1 Å². The summed E-state index contributed by atoms with van der Waals surface area (Å²) in [5, 5.41) is 2.70. The van der Waals surface area contributed by atoms with Gasteiger partial charge in [0.15, 0.2) is 5.54 Å². The van der Waals surface area contributed by atoms with Gasteiger partial charge in [0.25, 0.3) is 0 Å². The molecule has 3 rings (SSSR count). The van der Waals surface area contributed by atoms with E-state index in [4.69, 9.17) is 5.73 Å². The Morgan fingerprint density at radius 3 is 1.94 bits per heavy atom. The van der Waals surface area contributed by atoms with E-state index in [1.807, 2.05) is 71.0 Å². The maximum Gasteiger partial charge on any atom is 0.248 e. The fraction of sp³-hybridized carbons (Fsp3) is 0.310. The second-order valence-electron chi connectivity index (χ2n) is 10.0. The van der Waals surface area contributed by atoms with Crippen LogP contribution in [0.15, 0.2) is 72.9 Å². The summed E-state index contributed by atoms with van der Waals surface area (Å²) in [6, 6.07) is 20.0. The number of anilines is 2. The van der Waals surface area contributed by atoms with Crippen LogP contribution >= 0.6 is 0 Å². The summed E-state index contributed by atoms with van der Waals surface area (Å²) in [7, 11) is 0. The van der Waals surface area contributed by atoms with Crippen molar-refractivity contribution in [3.63, 3.8) is 0 Å². The van der Waals surface area contributed by atoms with Gasteiger partial charge in [-0.15, -0.1) is 0 Å². The number of pyridine rings is 1. The highest BCUT2D eigenvalue weighted by molar-refractivity contribution is 6.05. The Kier molecular flexibility index (Phi) is 7.93. The number of amides is 3. The molecule has 7 nitrogen and oxygen atoms in total. The largest absolute Gasteiger partial charge is 0.367 e. The summed E-state index contributed by atoms with van der Waals surface area (Å²) >= 11 is 0. The molecule has 188 valence electrons. The monoisotopic (exact) mass is 486 g/mol.